The van der Waals surface area contributed by atoms with E-state index in [-0.39, 0.29) is 0 Å². The van der Waals surface area contributed by atoms with E-state index in [9.17, 15) is 0 Å². The number of unbranched alkanes of at least 4 members (excludes halogenated alkanes) is 4. The van der Waals surface area contributed by atoms with Gasteiger partial charge in [-0.05, 0) is 26.0 Å². The van der Waals surface area contributed by atoms with Crippen molar-refractivity contribution in [2.45, 2.75) is 114 Å². The van der Waals surface area contributed by atoms with Crippen molar-refractivity contribution in [2.24, 2.45) is 0 Å². The van der Waals surface area contributed by atoms with E-state index in [1.165, 1.54) is 44.9 Å². The van der Waals surface area contributed by atoms with E-state index >= 15 is 0 Å². The molecule has 23 heavy (non-hydrogen) atoms. The van der Waals surface area contributed by atoms with Crippen LogP contribution in [0.4, 0.5) is 0 Å². The summed E-state index contributed by atoms with van der Waals surface area (Å²) in [7, 11) is 0. The fourth-order valence-corrected chi connectivity index (χ4v) is 0.819. The van der Waals surface area contributed by atoms with E-state index < -0.39 is 0 Å². The molecule has 1 aromatic heterocycles. The average molecular weight is 327 g/mol. The topological polar surface area (TPSA) is 25.8 Å². The standard InChI is InChI=1S/C6H8N2.C5H12.2C4H10.C2H6/c1-5-3-4-6(2)8-7-5;1-3-5-4-2;2*1-3-4-2;1-2/h3-4H,1-2H3;3-5H2,1-2H3;2*3-4H2,1-2H3;1-2H3. The van der Waals surface area contributed by atoms with Gasteiger partial charge in [-0.25, -0.2) is 0 Å². The van der Waals surface area contributed by atoms with Crippen LogP contribution in [0.15, 0.2) is 12.1 Å². The fourth-order valence-electron chi connectivity index (χ4n) is 0.819. The molecule has 2 heteroatoms. The Morgan fingerprint density at radius 1 is 0.565 bits per heavy atom. The lowest BCUT2D eigenvalue weighted by Gasteiger charge is -1.87. The largest absolute Gasteiger partial charge is 0.156 e. The predicted octanol–water partition coefficient (Wildman–Crippen LogP) is 7.93. The first-order valence-electron chi connectivity index (χ1n) is 9.80. The molecule has 0 atom stereocenters. The SMILES string of the molecule is CC.CCCC.CCCC.CCCCC.Cc1ccc(C)nn1. The van der Waals surface area contributed by atoms with Crippen molar-refractivity contribution >= 4 is 0 Å². The summed E-state index contributed by atoms with van der Waals surface area (Å²) in [6.45, 7) is 21.0. The average Bonchev–Trinajstić information content (AvgIpc) is 2.61. The second-order valence-corrected chi connectivity index (χ2v) is 5.17. The smallest absolute Gasteiger partial charge is 0.0600 e. The summed E-state index contributed by atoms with van der Waals surface area (Å²) in [6, 6.07) is 3.89. The Labute approximate surface area is 148 Å². The molecule has 0 bridgehead atoms. The zero-order valence-corrected chi connectivity index (χ0v) is 18.0. The first-order chi connectivity index (χ1) is 11.0. The van der Waals surface area contributed by atoms with Gasteiger partial charge in [0.15, 0.2) is 0 Å². The highest BCUT2D eigenvalue weighted by atomic mass is 15.1. The molecule has 0 radical (unpaired) electrons. The van der Waals surface area contributed by atoms with Crippen molar-refractivity contribution < 1.29 is 0 Å². The lowest BCUT2D eigenvalue weighted by Crippen LogP contribution is -1.86. The lowest BCUT2D eigenvalue weighted by atomic mass is 10.3. The molecule has 0 spiro atoms. The van der Waals surface area contributed by atoms with Gasteiger partial charge in [0.05, 0.1) is 11.4 Å². The molecule has 0 amide bonds. The zero-order valence-electron chi connectivity index (χ0n) is 18.0. The maximum Gasteiger partial charge on any atom is 0.0600 e. The minimum atomic E-state index is 0.968. The predicted molar refractivity (Wildman–Crippen MR) is 109 cm³/mol. The molecule has 0 aromatic carbocycles. The molecule has 0 fully saturated rings. The summed E-state index contributed by atoms with van der Waals surface area (Å²) in [5, 5.41) is 7.66. The number of rotatable bonds is 4. The molecule has 0 N–H and O–H groups in total. The Bertz CT molecular complexity index is 224. The Balaban J connectivity index is -0.000000106. The second-order valence-electron chi connectivity index (χ2n) is 5.17. The summed E-state index contributed by atoms with van der Waals surface area (Å²) in [6.07, 6.45) is 9.35. The van der Waals surface area contributed by atoms with Gasteiger partial charge >= 0.3 is 0 Å². The van der Waals surface area contributed by atoms with E-state index in [2.05, 4.69) is 51.7 Å². The van der Waals surface area contributed by atoms with Gasteiger partial charge in [0.25, 0.3) is 0 Å². The molecular formula is C21H46N2. The van der Waals surface area contributed by atoms with Gasteiger partial charge in [-0.15, -0.1) is 0 Å². The molecule has 140 valence electrons. The third kappa shape index (κ3) is 44.9. The van der Waals surface area contributed by atoms with Crippen LogP contribution in [0, 0.1) is 13.8 Å². The van der Waals surface area contributed by atoms with Crippen molar-refractivity contribution in [1.82, 2.24) is 10.2 Å². The molecule has 0 saturated carbocycles. The van der Waals surface area contributed by atoms with Crippen LogP contribution in [0.3, 0.4) is 0 Å². The molecule has 0 aliphatic carbocycles. The highest BCUT2D eigenvalue weighted by molar-refractivity contribution is 5.02. The van der Waals surface area contributed by atoms with E-state index in [1.54, 1.807) is 0 Å². The Kier molecular flexibility index (Phi) is 42.9. The number of aryl methyl sites for hydroxylation is 2. The van der Waals surface area contributed by atoms with Gasteiger partial charge in [-0.2, -0.15) is 10.2 Å². The van der Waals surface area contributed by atoms with Gasteiger partial charge < -0.3 is 0 Å². The Hall–Kier alpha value is -0.920. The third-order valence-electron chi connectivity index (χ3n) is 2.64. The summed E-state index contributed by atoms with van der Waals surface area (Å²) in [4.78, 5) is 0. The summed E-state index contributed by atoms with van der Waals surface area (Å²) < 4.78 is 0. The van der Waals surface area contributed by atoms with Gasteiger partial charge in [-0.1, -0.05) is 100 Å². The van der Waals surface area contributed by atoms with Crippen molar-refractivity contribution in [3.8, 4) is 0 Å². The monoisotopic (exact) mass is 326 g/mol. The zero-order chi connectivity index (χ0) is 18.9. The molecule has 0 saturated heterocycles. The summed E-state index contributed by atoms with van der Waals surface area (Å²) in [5.74, 6) is 0. The number of aromatic nitrogens is 2. The van der Waals surface area contributed by atoms with Gasteiger partial charge in [-0.3, -0.25) is 0 Å². The van der Waals surface area contributed by atoms with E-state index in [0.717, 1.165) is 11.4 Å². The van der Waals surface area contributed by atoms with Crippen LogP contribution in [-0.4, -0.2) is 10.2 Å². The van der Waals surface area contributed by atoms with Crippen molar-refractivity contribution in [3.63, 3.8) is 0 Å². The highest BCUT2D eigenvalue weighted by Crippen LogP contribution is 1.90. The molecule has 2 nitrogen and oxygen atoms in total. The second kappa shape index (κ2) is 32.9. The molecule has 0 aliphatic heterocycles. The molecule has 0 unspecified atom stereocenters. The first-order valence-corrected chi connectivity index (χ1v) is 9.80. The third-order valence-corrected chi connectivity index (χ3v) is 2.64. The maximum atomic E-state index is 3.83. The number of hydrogen-bond acceptors (Lipinski definition) is 2. The molecule has 1 heterocycles. The highest BCUT2D eigenvalue weighted by Gasteiger charge is 1.82. The molecule has 1 aromatic rings. The number of nitrogens with zero attached hydrogens (tertiary/aromatic N) is 2. The fraction of sp³-hybridized carbons (Fsp3) is 0.810. The van der Waals surface area contributed by atoms with Crippen molar-refractivity contribution in [3.05, 3.63) is 23.5 Å². The quantitative estimate of drug-likeness (QED) is 0.561. The number of hydrogen-bond donors (Lipinski definition) is 0. The van der Waals surface area contributed by atoms with Crippen LogP contribution in [0.25, 0.3) is 0 Å². The minimum absolute atomic E-state index is 0.968. The van der Waals surface area contributed by atoms with Crippen molar-refractivity contribution in [1.29, 1.82) is 0 Å². The Morgan fingerprint density at radius 3 is 0.913 bits per heavy atom. The van der Waals surface area contributed by atoms with E-state index in [0.29, 0.717) is 0 Å². The lowest BCUT2D eigenvalue weighted by molar-refractivity contribution is 0.772. The van der Waals surface area contributed by atoms with Gasteiger partial charge in [0.2, 0.25) is 0 Å². The molecular weight excluding hydrogens is 280 g/mol. The molecule has 1 rings (SSSR count). The van der Waals surface area contributed by atoms with Gasteiger partial charge in [0, 0.05) is 0 Å². The summed E-state index contributed by atoms with van der Waals surface area (Å²) >= 11 is 0. The van der Waals surface area contributed by atoms with Crippen molar-refractivity contribution in [2.75, 3.05) is 0 Å². The van der Waals surface area contributed by atoms with Crippen LogP contribution < -0.4 is 0 Å². The van der Waals surface area contributed by atoms with Crippen LogP contribution >= 0.6 is 0 Å². The Morgan fingerprint density at radius 2 is 0.826 bits per heavy atom. The van der Waals surface area contributed by atoms with Crippen LogP contribution in [-0.2, 0) is 0 Å². The van der Waals surface area contributed by atoms with Gasteiger partial charge in [0.1, 0.15) is 0 Å². The van der Waals surface area contributed by atoms with Crippen LogP contribution in [0.5, 0.6) is 0 Å². The van der Waals surface area contributed by atoms with Crippen LogP contribution in [0.1, 0.15) is 112 Å². The first kappa shape index (κ1) is 30.0. The maximum absolute atomic E-state index is 3.83. The molecule has 0 aliphatic rings. The van der Waals surface area contributed by atoms with E-state index in [1.807, 2.05) is 39.8 Å². The normalized spacial score (nSPS) is 7.91. The summed E-state index contributed by atoms with van der Waals surface area (Å²) in [5.41, 5.74) is 1.94. The van der Waals surface area contributed by atoms with Crippen LogP contribution in [0.2, 0.25) is 0 Å². The minimum Gasteiger partial charge on any atom is -0.156 e. The van der Waals surface area contributed by atoms with E-state index in [4.69, 9.17) is 0 Å².